The second kappa shape index (κ2) is 7.07. The van der Waals surface area contributed by atoms with Crippen LogP contribution in [0.5, 0.6) is 5.75 Å². The molecule has 1 heterocycles. The Morgan fingerprint density at radius 2 is 1.80 bits per heavy atom. The van der Waals surface area contributed by atoms with Crippen molar-refractivity contribution in [1.82, 2.24) is 0 Å². The number of aliphatic hydroxyl groups is 1. The van der Waals surface area contributed by atoms with Crippen LogP contribution < -0.4 is 9.64 Å². The fourth-order valence-corrected chi connectivity index (χ4v) is 2.83. The van der Waals surface area contributed by atoms with Crippen molar-refractivity contribution in [2.75, 3.05) is 39.5 Å². The van der Waals surface area contributed by atoms with E-state index in [1.54, 1.807) is 0 Å². The van der Waals surface area contributed by atoms with Gasteiger partial charge in [-0.2, -0.15) is 0 Å². The van der Waals surface area contributed by atoms with Gasteiger partial charge >= 0.3 is 0 Å². The molecule has 2 rings (SSSR count). The monoisotopic (exact) mass is 280 g/mol. The van der Waals surface area contributed by atoms with Crippen molar-refractivity contribution in [2.45, 2.75) is 26.9 Å². The number of quaternary nitrogens is 1. The van der Waals surface area contributed by atoms with E-state index in [0.717, 1.165) is 49.7 Å². The zero-order valence-electron chi connectivity index (χ0n) is 12.7. The molecule has 0 spiro atoms. The lowest BCUT2D eigenvalue weighted by molar-refractivity contribution is -0.911. The van der Waals surface area contributed by atoms with Gasteiger partial charge in [0.1, 0.15) is 38.1 Å². The Labute approximate surface area is 121 Å². The van der Waals surface area contributed by atoms with Crippen LogP contribution in [0.1, 0.15) is 16.7 Å². The summed E-state index contributed by atoms with van der Waals surface area (Å²) in [7, 11) is 0. The summed E-state index contributed by atoms with van der Waals surface area (Å²) < 4.78 is 11.2. The highest BCUT2D eigenvalue weighted by Gasteiger charge is 2.19. The molecule has 1 atom stereocenters. The first-order chi connectivity index (χ1) is 9.56. The summed E-state index contributed by atoms with van der Waals surface area (Å²) in [6, 6.07) is 4.23. The maximum atomic E-state index is 10.1. The standard InChI is InChI=1S/C16H25NO3/c1-12-8-13(2)16(14(3)9-12)20-11-15(18)10-17-4-6-19-7-5-17/h8-9,15,18H,4-7,10-11H2,1-3H3/p+1. The van der Waals surface area contributed by atoms with Crippen LogP contribution >= 0.6 is 0 Å². The molecule has 1 saturated heterocycles. The molecule has 1 aromatic carbocycles. The molecule has 0 aliphatic carbocycles. The third-order valence-corrected chi connectivity index (χ3v) is 3.75. The molecule has 1 fully saturated rings. The second-order valence-electron chi connectivity index (χ2n) is 5.76. The molecular formula is C16H26NO3+. The van der Waals surface area contributed by atoms with Gasteiger partial charge in [0, 0.05) is 0 Å². The zero-order valence-corrected chi connectivity index (χ0v) is 12.7. The number of benzene rings is 1. The summed E-state index contributed by atoms with van der Waals surface area (Å²) >= 11 is 0. The van der Waals surface area contributed by atoms with Gasteiger partial charge in [-0.05, 0) is 31.9 Å². The first kappa shape index (κ1) is 15.3. The largest absolute Gasteiger partial charge is 0.490 e. The van der Waals surface area contributed by atoms with Crippen LogP contribution in [0.2, 0.25) is 0 Å². The number of aliphatic hydroxyl groups excluding tert-OH is 1. The quantitative estimate of drug-likeness (QED) is 0.813. The SMILES string of the molecule is Cc1cc(C)c(OCC(O)C[NH+]2CCOCC2)c(C)c1. The van der Waals surface area contributed by atoms with Gasteiger partial charge in [-0.1, -0.05) is 17.7 Å². The molecule has 1 aliphatic rings. The van der Waals surface area contributed by atoms with Gasteiger partial charge in [0.05, 0.1) is 13.2 Å². The number of hydrogen-bond acceptors (Lipinski definition) is 3. The molecule has 0 bridgehead atoms. The summed E-state index contributed by atoms with van der Waals surface area (Å²) in [6.07, 6.45) is -0.428. The van der Waals surface area contributed by atoms with Crippen molar-refractivity contribution in [3.8, 4) is 5.75 Å². The van der Waals surface area contributed by atoms with E-state index in [9.17, 15) is 5.11 Å². The molecular weight excluding hydrogens is 254 g/mol. The summed E-state index contributed by atoms with van der Waals surface area (Å²) in [4.78, 5) is 1.39. The van der Waals surface area contributed by atoms with E-state index in [1.807, 2.05) is 0 Å². The normalized spacial score (nSPS) is 18.0. The van der Waals surface area contributed by atoms with Crippen LogP contribution in [-0.2, 0) is 4.74 Å². The van der Waals surface area contributed by atoms with Gasteiger partial charge in [0.25, 0.3) is 0 Å². The van der Waals surface area contributed by atoms with Gasteiger partial charge in [-0.15, -0.1) is 0 Å². The van der Waals surface area contributed by atoms with Crippen molar-refractivity contribution >= 4 is 0 Å². The number of rotatable bonds is 5. The molecule has 20 heavy (non-hydrogen) atoms. The third-order valence-electron chi connectivity index (χ3n) is 3.75. The maximum Gasteiger partial charge on any atom is 0.137 e. The van der Waals surface area contributed by atoms with Crippen molar-refractivity contribution in [2.24, 2.45) is 0 Å². The van der Waals surface area contributed by atoms with E-state index in [1.165, 1.54) is 10.5 Å². The Bertz CT molecular complexity index is 418. The molecule has 0 amide bonds. The minimum absolute atomic E-state index is 0.356. The van der Waals surface area contributed by atoms with Gasteiger partial charge < -0.3 is 19.5 Å². The van der Waals surface area contributed by atoms with Crippen molar-refractivity contribution < 1.29 is 19.5 Å². The molecule has 0 aromatic heterocycles. The summed E-state index contributed by atoms with van der Waals surface area (Å²) in [6.45, 7) is 10.8. The van der Waals surface area contributed by atoms with Crippen LogP contribution in [0.4, 0.5) is 0 Å². The Morgan fingerprint density at radius 3 is 2.40 bits per heavy atom. The highest BCUT2D eigenvalue weighted by Crippen LogP contribution is 2.24. The van der Waals surface area contributed by atoms with Gasteiger partial charge in [-0.25, -0.2) is 0 Å². The van der Waals surface area contributed by atoms with Gasteiger partial charge in [-0.3, -0.25) is 0 Å². The first-order valence-electron chi connectivity index (χ1n) is 7.36. The maximum absolute atomic E-state index is 10.1. The average molecular weight is 280 g/mol. The van der Waals surface area contributed by atoms with Crippen LogP contribution in [0, 0.1) is 20.8 Å². The minimum Gasteiger partial charge on any atom is -0.490 e. The van der Waals surface area contributed by atoms with Gasteiger partial charge in [0.2, 0.25) is 0 Å². The van der Waals surface area contributed by atoms with Crippen molar-refractivity contribution in [3.05, 3.63) is 28.8 Å². The topological polar surface area (TPSA) is 43.1 Å². The van der Waals surface area contributed by atoms with Crippen LogP contribution in [0.25, 0.3) is 0 Å². The number of nitrogens with one attached hydrogen (secondary N) is 1. The van der Waals surface area contributed by atoms with Crippen molar-refractivity contribution in [1.29, 1.82) is 0 Å². The predicted octanol–water partition coefficient (Wildman–Crippen LogP) is 0.267. The molecule has 4 nitrogen and oxygen atoms in total. The highest BCUT2D eigenvalue weighted by atomic mass is 16.5. The lowest BCUT2D eigenvalue weighted by Gasteiger charge is -2.26. The molecule has 1 unspecified atom stereocenters. The Morgan fingerprint density at radius 1 is 1.20 bits per heavy atom. The molecule has 1 aliphatic heterocycles. The molecule has 0 saturated carbocycles. The highest BCUT2D eigenvalue weighted by molar-refractivity contribution is 5.42. The second-order valence-corrected chi connectivity index (χ2v) is 5.76. The van der Waals surface area contributed by atoms with Crippen LogP contribution in [0.3, 0.4) is 0 Å². The van der Waals surface area contributed by atoms with E-state index < -0.39 is 6.10 Å². The molecule has 1 aromatic rings. The summed E-state index contributed by atoms with van der Waals surface area (Å²) in [5.41, 5.74) is 3.51. The minimum atomic E-state index is -0.428. The Balaban J connectivity index is 1.85. The number of ether oxygens (including phenoxy) is 2. The Kier molecular flexibility index (Phi) is 5.40. The number of morpholine rings is 1. The van der Waals surface area contributed by atoms with E-state index in [-0.39, 0.29) is 0 Å². The van der Waals surface area contributed by atoms with Crippen molar-refractivity contribution in [3.63, 3.8) is 0 Å². The number of aryl methyl sites for hydroxylation is 3. The molecule has 112 valence electrons. The first-order valence-corrected chi connectivity index (χ1v) is 7.36. The molecule has 0 radical (unpaired) electrons. The smallest absolute Gasteiger partial charge is 0.137 e. The third kappa shape index (κ3) is 4.20. The van der Waals surface area contributed by atoms with E-state index in [4.69, 9.17) is 9.47 Å². The lowest BCUT2D eigenvalue weighted by atomic mass is 10.1. The fraction of sp³-hybridized carbons (Fsp3) is 0.625. The number of hydrogen-bond donors (Lipinski definition) is 2. The van der Waals surface area contributed by atoms with Gasteiger partial charge in [0.15, 0.2) is 0 Å². The summed E-state index contributed by atoms with van der Waals surface area (Å²) in [5, 5.41) is 10.1. The fourth-order valence-electron chi connectivity index (χ4n) is 2.83. The van der Waals surface area contributed by atoms with E-state index in [2.05, 4.69) is 32.9 Å². The predicted molar refractivity (Wildman–Crippen MR) is 78.5 cm³/mol. The average Bonchev–Trinajstić information content (AvgIpc) is 2.38. The van der Waals surface area contributed by atoms with E-state index >= 15 is 0 Å². The lowest BCUT2D eigenvalue weighted by Crippen LogP contribution is -3.15. The van der Waals surface area contributed by atoms with Crippen LogP contribution in [-0.4, -0.2) is 50.7 Å². The van der Waals surface area contributed by atoms with Crippen LogP contribution in [0.15, 0.2) is 12.1 Å². The Hall–Kier alpha value is -1.10. The molecule has 4 heteroatoms. The van der Waals surface area contributed by atoms with E-state index in [0.29, 0.717) is 6.61 Å². The summed E-state index contributed by atoms with van der Waals surface area (Å²) in [5.74, 6) is 0.909. The zero-order chi connectivity index (χ0) is 14.5. The molecule has 2 N–H and O–H groups in total.